The molecule has 8 nitrogen and oxygen atoms in total. The Morgan fingerprint density at radius 3 is 2.23 bits per heavy atom. The van der Waals surface area contributed by atoms with Crippen LogP contribution in [0.2, 0.25) is 0 Å². The third-order valence-electron chi connectivity index (χ3n) is 4.81. The van der Waals surface area contributed by atoms with Gasteiger partial charge < -0.3 is 5.11 Å². The number of nitro benzene ring substituents is 1. The Morgan fingerprint density at radius 2 is 1.63 bits per heavy atom. The molecule has 0 aliphatic carbocycles. The van der Waals surface area contributed by atoms with Crippen molar-refractivity contribution >= 4 is 29.0 Å². The van der Waals surface area contributed by atoms with Gasteiger partial charge in [0.2, 0.25) is 0 Å². The largest absolute Gasteiger partial charge is 0.507 e. The molecule has 8 heteroatoms. The first-order chi connectivity index (χ1) is 14.5. The molecule has 1 aromatic heterocycles. The number of aliphatic hydroxyl groups excluding tert-OH is 1. The lowest BCUT2D eigenvalue weighted by molar-refractivity contribution is -0.384. The Balaban J connectivity index is 1.93. The van der Waals surface area contributed by atoms with E-state index in [0.29, 0.717) is 11.1 Å². The molecule has 1 aliphatic heterocycles. The van der Waals surface area contributed by atoms with Gasteiger partial charge in [0, 0.05) is 23.9 Å². The molecular weight excluding hydrogens is 386 g/mol. The van der Waals surface area contributed by atoms with Gasteiger partial charge in [0.05, 0.1) is 16.5 Å². The fourth-order valence-corrected chi connectivity index (χ4v) is 3.41. The smallest absolute Gasteiger partial charge is 0.301 e. The summed E-state index contributed by atoms with van der Waals surface area (Å²) in [7, 11) is 0. The number of nitrogens with zero attached hydrogens (tertiary/aromatic N) is 3. The van der Waals surface area contributed by atoms with Crippen LogP contribution in [0.5, 0.6) is 0 Å². The van der Waals surface area contributed by atoms with Crippen LogP contribution in [0.25, 0.3) is 5.76 Å². The Morgan fingerprint density at radius 1 is 0.967 bits per heavy atom. The van der Waals surface area contributed by atoms with Crippen molar-refractivity contribution in [1.82, 2.24) is 4.98 Å². The third kappa shape index (κ3) is 3.20. The average molecular weight is 401 g/mol. The summed E-state index contributed by atoms with van der Waals surface area (Å²) in [5.74, 6) is -1.79. The summed E-state index contributed by atoms with van der Waals surface area (Å²) < 4.78 is 0. The van der Waals surface area contributed by atoms with Crippen LogP contribution in [0.1, 0.15) is 17.2 Å². The first-order valence-corrected chi connectivity index (χ1v) is 9.01. The van der Waals surface area contributed by atoms with Crippen molar-refractivity contribution in [2.24, 2.45) is 0 Å². The number of aliphatic hydroxyl groups is 1. The zero-order valence-electron chi connectivity index (χ0n) is 15.5. The quantitative estimate of drug-likeness (QED) is 0.235. The number of Topliss-reactive ketones (excluding diaryl/α,β-unsaturated/α-hetero) is 1. The Bertz CT molecular complexity index is 1160. The number of hydrogen-bond acceptors (Lipinski definition) is 6. The van der Waals surface area contributed by atoms with Gasteiger partial charge in [-0.15, -0.1) is 0 Å². The Labute approximate surface area is 170 Å². The summed E-state index contributed by atoms with van der Waals surface area (Å²) in [6.07, 6.45) is 1.48. The molecule has 1 amide bonds. The van der Waals surface area contributed by atoms with Gasteiger partial charge in [-0.1, -0.05) is 36.4 Å². The van der Waals surface area contributed by atoms with E-state index in [9.17, 15) is 24.8 Å². The molecule has 1 aliphatic rings. The van der Waals surface area contributed by atoms with Crippen molar-refractivity contribution in [2.75, 3.05) is 4.90 Å². The van der Waals surface area contributed by atoms with Crippen molar-refractivity contribution in [3.8, 4) is 0 Å². The van der Waals surface area contributed by atoms with E-state index >= 15 is 0 Å². The van der Waals surface area contributed by atoms with E-state index in [-0.39, 0.29) is 22.8 Å². The third-order valence-corrected chi connectivity index (χ3v) is 4.81. The van der Waals surface area contributed by atoms with Gasteiger partial charge >= 0.3 is 5.91 Å². The highest BCUT2D eigenvalue weighted by atomic mass is 16.6. The molecule has 3 aromatic rings. The highest BCUT2D eigenvalue weighted by Crippen LogP contribution is 2.41. The molecule has 1 fully saturated rings. The van der Waals surface area contributed by atoms with Crippen LogP contribution in [0, 0.1) is 10.1 Å². The normalized spacial score (nSPS) is 17.9. The molecule has 30 heavy (non-hydrogen) atoms. The molecule has 148 valence electrons. The van der Waals surface area contributed by atoms with Crippen molar-refractivity contribution in [2.45, 2.75) is 6.04 Å². The predicted molar refractivity (Wildman–Crippen MR) is 109 cm³/mol. The van der Waals surface area contributed by atoms with E-state index in [4.69, 9.17) is 0 Å². The number of carbonyl (C=O) groups is 2. The number of rotatable bonds is 4. The number of carbonyl (C=O) groups excluding carboxylic acids is 2. The van der Waals surface area contributed by atoms with Crippen molar-refractivity contribution in [3.63, 3.8) is 0 Å². The molecule has 0 spiro atoms. The summed E-state index contributed by atoms with van der Waals surface area (Å²) >= 11 is 0. The van der Waals surface area contributed by atoms with Crippen LogP contribution in [0.15, 0.2) is 84.6 Å². The molecule has 4 rings (SSSR count). The zero-order chi connectivity index (χ0) is 21.3. The van der Waals surface area contributed by atoms with Crippen molar-refractivity contribution < 1.29 is 19.6 Å². The van der Waals surface area contributed by atoms with Gasteiger partial charge in [-0.25, -0.2) is 4.98 Å². The molecule has 2 aromatic carbocycles. The number of pyridine rings is 1. The Hall–Kier alpha value is -4.33. The van der Waals surface area contributed by atoms with E-state index in [1.807, 2.05) is 0 Å². The summed E-state index contributed by atoms with van der Waals surface area (Å²) in [5, 5.41) is 21.9. The standard InChI is InChI=1S/C22H15N3O5/c26-20(15-6-2-1-3-7-15)18-19(14-9-11-16(12-10-14)25(29)30)24(22(28)21(18)27)17-8-4-5-13-23-17/h1-13,19,26H/t19-/m1/s1. The SMILES string of the molecule is O=C1C(=O)N(c2ccccn2)[C@H](c2ccc([N+](=O)[O-])cc2)C1=C(O)c1ccccc1. The zero-order valence-corrected chi connectivity index (χ0v) is 15.5. The number of nitro groups is 1. The summed E-state index contributed by atoms with van der Waals surface area (Å²) in [5.41, 5.74) is 0.577. The maximum Gasteiger partial charge on any atom is 0.301 e. The molecule has 1 N–H and O–H groups in total. The molecule has 2 heterocycles. The highest BCUT2D eigenvalue weighted by molar-refractivity contribution is 6.51. The number of hydrogen-bond donors (Lipinski definition) is 1. The first-order valence-electron chi connectivity index (χ1n) is 9.01. The topological polar surface area (TPSA) is 114 Å². The van der Waals surface area contributed by atoms with E-state index < -0.39 is 22.7 Å². The van der Waals surface area contributed by atoms with E-state index in [1.165, 1.54) is 35.4 Å². The van der Waals surface area contributed by atoms with Crippen LogP contribution in [0.4, 0.5) is 11.5 Å². The summed E-state index contributed by atoms with van der Waals surface area (Å²) in [4.78, 5) is 41.6. The highest BCUT2D eigenvalue weighted by Gasteiger charge is 2.47. The fourth-order valence-electron chi connectivity index (χ4n) is 3.41. The van der Waals surface area contributed by atoms with Crippen LogP contribution in [-0.2, 0) is 9.59 Å². The number of ketones is 1. The second-order valence-corrected chi connectivity index (χ2v) is 6.57. The molecule has 0 bridgehead atoms. The molecular formula is C22H15N3O5. The molecule has 0 unspecified atom stereocenters. The second-order valence-electron chi connectivity index (χ2n) is 6.57. The van der Waals surface area contributed by atoms with Gasteiger partial charge in [-0.2, -0.15) is 0 Å². The minimum Gasteiger partial charge on any atom is -0.507 e. The van der Waals surface area contributed by atoms with Crippen LogP contribution >= 0.6 is 0 Å². The van der Waals surface area contributed by atoms with Crippen LogP contribution < -0.4 is 4.90 Å². The van der Waals surface area contributed by atoms with Crippen LogP contribution in [-0.4, -0.2) is 26.7 Å². The first kappa shape index (κ1) is 19.0. The molecule has 0 saturated carbocycles. The lowest BCUT2D eigenvalue weighted by atomic mass is 9.95. The Kier molecular flexibility index (Phi) is 4.81. The van der Waals surface area contributed by atoms with Crippen molar-refractivity contribution in [3.05, 3.63) is 106 Å². The lowest BCUT2D eigenvalue weighted by Crippen LogP contribution is -2.30. The van der Waals surface area contributed by atoms with Gasteiger partial charge in [-0.05, 0) is 29.8 Å². The number of aromatic nitrogens is 1. The molecule has 0 radical (unpaired) electrons. The molecule has 1 atom stereocenters. The maximum atomic E-state index is 12.9. The predicted octanol–water partition coefficient (Wildman–Crippen LogP) is 3.62. The van der Waals surface area contributed by atoms with Gasteiger partial charge in [-0.3, -0.25) is 24.6 Å². The fraction of sp³-hybridized carbons (Fsp3) is 0.0455. The van der Waals surface area contributed by atoms with Crippen molar-refractivity contribution in [1.29, 1.82) is 0 Å². The molecule has 1 saturated heterocycles. The van der Waals surface area contributed by atoms with Gasteiger partial charge in [0.1, 0.15) is 11.6 Å². The van der Waals surface area contributed by atoms with Crippen LogP contribution in [0.3, 0.4) is 0 Å². The summed E-state index contributed by atoms with van der Waals surface area (Å²) in [6.45, 7) is 0. The average Bonchev–Trinajstić information content (AvgIpc) is 3.05. The van der Waals surface area contributed by atoms with Gasteiger partial charge in [0.25, 0.3) is 11.5 Å². The van der Waals surface area contributed by atoms with E-state index in [2.05, 4.69) is 4.98 Å². The van der Waals surface area contributed by atoms with E-state index in [0.717, 1.165) is 0 Å². The minimum absolute atomic E-state index is 0.106. The van der Waals surface area contributed by atoms with Gasteiger partial charge in [0.15, 0.2) is 0 Å². The maximum absolute atomic E-state index is 12.9. The minimum atomic E-state index is -0.985. The van der Waals surface area contributed by atoms with E-state index in [1.54, 1.807) is 48.5 Å². The number of anilines is 1. The number of non-ortho nitro benzene ring substituents is 1. The monoisotopic (exact) mass is 401 g/mol. The second kappa shape index (κ2) is 7.59. The number of amides is 1. The lowest BCUT2D eigenvalue weighted by Gasteiger charge is -2.24. The summed E-state index contributed by atoms with van der Waals surface area (Å²) in [6, 6.07) is 17.8. The number of benzene rings is 2.